The highest BCUT2D eigenvalue weighted by atomic mass is 16.7. The molecule has 0 saturated carbocycles. The van der Waals surface area contributed by atoms with E-state index in [1.165, 1.54) is 11.1 Å². The van der Waals surface area contributed by atoms with Gasteiger partial charge in [-0.3, -0.25) is 0 Å². The highest BCUT2D eigenvalue weighted by Crippen LogP contribution is 2.06. The lowest BCUT2D eigenvalue weighted by Crippen LogP contribution is -1.99. The van der Waals surface area contributed by atoms with Gasteiger partial charge in [-0.1, -0.05) is 23.3 Å². The summed E-state index contributed by atoms with van der Waals surface area (Å²) in [5, 5.41) is 0. The van der Waals surface area contributed by atoms with E-state index >= 15 is 0 Å². The molecule has 0 heterocycles. The van der Waals surface area contributed by atoms with Gasteiger partial charge < -0.3 is 9.47 Å². The largest absolute Gasteiger partial charge is 0.359 e. The Bertz CT molecular complexity index is 192. The minimum atomic E-state index is 0.374. The summed E-state index contributed by atoms with van der Waals surface area (Å²) in [6, 6.07) is 0. The minimum absolute atomic E-state index is 0.374. The molecule has 0 aromatic carbocycles. The van der Waals surface area contributed by atoms with Gasteiger partial charge in [0.1, 0.15) is 6.79 Å². The Morgan fingerprint density at radius 3 is 2.50 bits per heavy atom. The predicted molar refractivity (Wildman–Crippen MR) is 60.3 cm³/mol. The maximum Gasteiger partial charge on any atom is 0.146 e. The van der Waals surface area contributed by atoms with Gasteiger partial charge in [0.05, 0.1) is 6.61 Å². The number of rotatable bonds is 7. The van der Waals surface area contributed by atoms with Crippen molar-refractivity contribution in [2.75, 3.05) is 20.5 Å². The van der Waals surface area contributed by atoms with Crippen molar-refractivity contribution in [3.63, 3.8) is 0 Å². The van der Waals surface area contributed by atoms with Crippen molar-refractivity contribution >= 4 is 0 Å². The molecule has 0 unspecified atom stereocenters. The Morgan fingerprint density at radius 1 is 1.21 bits per heavy atom. The van der Waals surface area contributed by atoms with Crippen LogP contribution in [0.25, 0.3) is 0 Å². The van der Waals surface area contributed by atoms with Crippen LogP contribution in [0.1, 0.15) is 33.6 Å². The van der Waals surface area contributed by atoms with E-state index in [1.54, 1.807) is 7.11 Å². The Labute approximate surface area is 87.6 Å². The average Bonchev–Trinajstić information content (AvgIpc) is 2.18. The molecule has 0 amide bonds. The Hall–Kier alpha value is -0.600. The van der Waals surface area contributed by atoms with Crippen LogP contribution >= 0.6 is 0 Å². The molecule has 2 heteroatoms. The predicted octanol–water partition coefficient (Wildman–Crippen LogP) is 3.30. The van der Waals surface area contributed by atoms with Gasteiger partial charge in [0.2, 0.25) is 0 Å². The fraction of sp³-hybridized carbons (Fsp3) is 0.667. The van der Waals surface area contributed by atoms with Crippen molar-refractivity contribution < 1.29 is 9.47 Å². The lowest BCUT2D eigenvalue weighted by Gasteiger charge is -2.03. The Balaban J connectivity index is 3.56. The minimum Gasteiger partial charge on any atom is -0.359 e. The van der Waals surface area contributed by atoms with Gasteiger partial charge in [-0.15, -0.1) is 0 Å². The highest BCUT2D eigenvalue weighted by molar-refractivity contribution is 5.02. The fourth-order valence-electron chi connectivity index (χ4n) is 1.04. The quantitative estimate of drug-likeness (QED) is 0.355. The molecule has 0 bridgehead atoms. The van der Waals surface area contributed by atoms with Crippen LogP contribution in [0.2, 0.25) is 0 Å². The molecule has 0 saturated heterocycles. The van der Waals surface area contributed by atoms with Crippen molar-refractivity contribution in [3.8, 4) is 0 Å². The first-order valence-corrected chi connectivity index (χ1v) is 5.04. The SMILES string of the molecule is C/C=C(\C)CC/C=C(\C)COCOC. The molecule has 0 atom stereocenters. The molecule has 0 aliphatic carbocycles. The van der Waals surface area contributed by atoms with E-state index in [-0.39, 0.29) is 0 Å². The Kier molecular flexibility index (Phi) is 8.59. The molecule has 0 fully saturated rings. The number of hydrogen-bond acceptors (Lipinski definition) is 2. The van der Waals surface area contributed by atoms with E-state index in [0.717, 1.165) is 12.8 Å². The van der Waals surface area contributed by atoms with Crippen molar-refractivity contribution in [2.45, 2.75) is 33.6 Å². The standard InChI is InChI=1S/C12H22O2/c1-5-11(2)7-6-8-12(3)9-14-10-13-4/h5,8H,6-7,9-10H2,1-4H3/b11-5+,12-8+. The summed E-state index contributed by atoms with van der Waals surface area (Å²) < 4.78 is 10.0. The number of hydrogen-bond donors (Lipinski definition) is 0. The van der Waals surface area contributed by atoms with Crippen LogP contribution in [0.15, 0.2) is 23.3 Å². The lowest BCUT2D eigenvalue weighted by atomic mass is 10.1. The zero-order valence-electron chi connectivity index (χ0n) is 9.80. The third kappa shape index (κ3) is 8.02. The van der Waals surface area contributed by atoms with Gasteiger partial charge in [0.15, 0.2) is 0 Å². The molecule has 0 aliphatic heterocycles. The summed E-state index contributed by atoms with van der Waals surface area (Å²) in [6.07, 6.45) is 6.61. The van der Waals surface area contributed by atoms with Gasteiger partial charge in [0, 0.05) is 7.11 Å². The van der Waals surface area contributed by atoms with Crippen LogP contribution in [-0.4, -0.2) is 20.5 Å². The molecule has 14 heavy (non-hydrogen) atoms. The fourth-order valence-corrected chi connectivity index (χ4v) is 1.04. The monoisotopic (exact) mass is 198 g/mol. The van der Waals surface area contributed by atoms with E-state index in [2.05, 4.69) is 32.9 Å². The van der Waals surface area contributed by atoms with Crippen LogP contribution < -0.4 is 0 Å². The average molecular weight is 198 g/mol. The van der Waals surface area contributed by atoms with E-state index in [1.807, 2.05) is 0 Å². The second kappa shape index (κ2) is 8.97. The van der Waals surface area contributed by atoms with Crippen LogP contribution in [-0.2, 0) is 9.47 Å². The summed E-state index contributed by atoms with van der Waals surface area (Å²) in [6.45, 7) is 7.36. The first-order chi connectivity index (χ1) is 6.70. The first-order valence-electron chi connectivity index (χ1n) is 5.04. The molecule has 0 spiro atoms. The smallest absolute Gasteiger partial charge is 0.146 e. The number of ether oxygens (including phenoxy) is 2. The zero-order chi connectivity index (χ0) is 10.8. The van der Waals surface area contributed by atoms with Crippen molar-refractivity contribution in [2.24, 2.45) is 0 Å². The second-order valence-electron chi connectivity index (χ2n) is 3.48. The summed E-state index contributed by atoms with van der Waals surface area (Å²) >= 11 is 0. The van der Waals surface area contributed by atoms with E-state index in [4.69, 9.17) is 9.47 Å². The Morgan fingerprint density at radius 2 is 1.93 bits per heavy atom. The van der Waals surface area contributed by atoms with Crippen LogP contribution in [0, 0.1) is 0 Å². The molecule has 0 rings (SSSR count). The number of allylic oxidation sites excluding steroid dienone is 3. The third-order valence-electron chi connectivity index (χ3n) is 2.06. The summed E-state index contributed by atoms with van der Waals surface area (Å²) in [4.78, 5) is 0. The third-order valence-corrected chi connectivity index (χ3v) is 2.06. The second-order valence-corrected chi connectivity index (χ2v) is 3.48. The highest BCUT2D eigenvalue weighted by Gasteiger charge is 1.91. The van der Waals surface area contributed by atoms with Crippen LogP contribution in [0.5, 0.6) is 0 Å². The molecular formula is C12H22O2. The number of methoxy groups -OCH3 is 1. The van der Waals surface area contributed by atoms with Gasteiger partial charge >= 0.3 is 0 Å². The van der Waals surface area contributed by atoms with E-state index in [0.29, 0.717) is 13.4 Å². The molecule has 0 aromatic rings. The first kappa shape index (κ1) is 13.4. The van der Waals surface area contributed by atoms with Crippen molar-refractivity contribution in [1.82, 2.24) is 0 Å². The molecule has 0 aromatic heterocycles. The van der Waals surface area contributed by atoms with Crippen LogP contribution in [0.4, 0.5) is 0 Å². The van der Waals surface area contributed by atoms with Gasteiger partial charge in [-0.05, 0) is 33.6 Å². The maximum absolute atomic E-state index is 5.22. The van der Waals surface area contributed by atoms with Gasteiger partial charge in [-0.25, -0.2) is 0 Å². The lowest BCUT2D eigenvalue weighted by molar-refractivity contribution is -0.0211. The van der Waals surface area contributed by atoms with Crippen LogP contribution in [0.3, 0.4) is 0 Å². The molecule has 82 valence electrons. The summed E-state index contributed by atoms with van der Waals surface area (Å²) in [5.41, 5.74) is 2.71. The maximum atomic E-state index is 5.22. The molecule has 2 nitrogen and oxygen atoms in total. The van der Waals surface area contributed by atoms with E-state index in [9.17, 15) is 0 Å². The molecule has 0 radical (unpaired) electrons. The van der Waals surface area contributed by atoms with Crippen molar-refractivity contribution in [3.05, 3.63) is 23.3 Å². The topological polar surface area (TPSA) is 18.5 Å². The van der Waals surface area contributed by atoms with E-state index < -0.39 is 0 Å². The summed E-state index contributed by atoms with van der Waals surface area (Å²) in [7, 11) is 1.63. The molecule has 0 N–H and O–H groups in total. The zero-order valence-corrected chi connectivity index (χ0v) is 9.80. The summed E-state index contributed by atoms with van der Waals surface area (Å²) in [5.74, 6) is 0. The molecule has 0 aliphatic rings. The molecular weight excluding hydrogens is 176 g/mol. The normalized spacial score (nSPS) is 13.4. The van der Waals surface area contributed by atoms with Crippen molar-refractivity contribution in [1.29, 1.82) is 0 Å². The van der Waals surface area contributed by atoms with Gasteiger partial charge in [0.25, 0.3) is 0 Å². The van der Waals surface area contributed by atoms with Gasteiger partial charge in [-0.2, -0.15) is 0 Å².